The van der Waals surface area contributed by atoms with Crippen LogP contribution in [0.1, 0.15) is 41.5 Å². The Morgan fingerprint density at radius 2 is 0.857 bits per heavy atom. The molecule has 0 aliphatic carbocycles. The molecule has 6 heteroatoms. The number of rotatable bonds is 0. The molecule has 0 spiro atoms. The van der Waals surface area contributed by atoms with Crippen LogP contribution in [0.15, 0.2) is 0 Å². The monoisotopic (exact) mass is 244 g/mol. The van der Waals surface area contributed by atoms with Crippen LogP contribution in [0.25, 0.3) is 0 Å². The molecule has 86 valence electrons. The second-order valence-corrected chi connectivity index (χ2v) is 4.41. The summed E-state index contributed by atoms with van der Waals surface area (Å²) in [5.41, 5.74) is -0.806. The Balaban J connectivity index is -0.000000147. The maximum atomic E-state index is 8.25. The zero-order chi connectivity index (χ0) is 12.4. The zero-order valence-corrected chi connectivity index (χ0v) is 11.2. The van der Waals surface area contributed by atoms with Gasteiger partial charge in [0.05, 0.1) is 11.2 Å². The van der Waals surface area contributed by atoms with Crippen molar-refractivity contribution in [3.05, 3.63) is 0 Å². The van der Waals surface area contributed by atoms with E-state index in [2.05, 4.69) is 9.78 Å². The molecule has 5 nitrogen and oxygen atoms in total. The number of hydrogen-bond acceptors (Lipinski definition) is 5. The molecule has 0 amide bonds. The van der Waals surface area contributed by atoms with E-state index in [1.54, 1.807) is 41.5 Å². The fraction of sp³-hybridized carbons (Fsp3) is 1.00. The van der Waals surface area contributed by atoms with Crippen LogP contribution in [-0.2, 0) is 33.5 Å². The van der Waals surface area contributed by atoms with Crippen molar-refractivity contribution in [1.29, 1.82) is 0 Å². The van der Waals surface area contributed by atoms with Gasteiger partial charge in [0.1, 0.15) is 0 Å². The summed E-state index contributed by atoms with van der Waals surface area (Å²) in [6.07, 6.45) is 0. The van der Waals surface area contributed by atoms with E-state index in [0.717, 1.165) is 20.4 Å². The summed E-state index contributed by atoms with van der Waals surface area (Å²) in [7, 11) is 0. The predicted molar refractivity (Wildman–Crippen MR) is 47.6 cm³/mol. The molecule has 14 heavy (non-hydrogen) atoms. The minimum atomic E-state index is -0.403. The van der Waals surface area contributed by atoms with Gasteiger partial charge < -0.3 is 0 Å². The van der Waals surface area contributed by atoms with E-state index in [1.807, 2.05) is 0 Å². The van der Waals surface area contributed by atoms with Crippen LogP contribution in [-0.4, -0.2) is 21.7 Å². The third-order valence-electron chi connectivity index (χ3n) is 0.548. The first-order valence-corrected chi connectivity index (χ1v) is 4.62. The third-order valence-corrected chi connectivity index (χ3v) is 0.548. The van der Waals surface area contributed by atoms with E-state index in [9.17, 15) is 0 Å². The Kier molecular flexibility index (Phi) is 14.0. The minimum absolute atomic E-state index is 0.403. The van der Waals surface area contributed by atoms with Gasteiger partial charge in [-0.25, -0.2) is 9.78 Å². The molecule has 0 bridgehead atoms. The van der Waals surface area contributed by atoms with Gasteiger partial charge in [0.25, 0.3) is 0 Å². The van der Waals surface area contributed by atoms with Crippen molar-refractivity contribution in [3.8, 4) is 0 Å². The summed E-state index contributed by atoms with van der Waals surface area (Å²) in [4.78, 5) is 7.88. The molecule has 0 rings (SSSR count). The second kappa shape index (κ2) is 9.89. The Bertz CT molecular complexity index is 102. The molecule has 0 saturated heterocycles. The van der Waals surface area contributed by atoms with Gasteiger partial charge in [-0.1, -0.05) is 0 Å². The second-order valence-electron chi connectivity index (χ2n) is 4.41. The topological polar surface area (TPSA) is 76.0 Å². The van der Waals surface area contributed by atoms with Crippen molar-refractivity contribution in [2.24, 2.45) is 0 Å². The molecule has 0 saturated carbocycles. The summed E-state index contributed by atoms with van der Waals surface area (Å²) in [6, 6.07) is 0. The average molecular weight is 244 g/mol. The third kappa shape index (κ3) is 39.4. The Labute approximate surface area is 97.0 Å². The fourth-order valence-corrected chi connectivity index (χ4v) is 0. The SMILES string of the molecule is CC(C)(C)OO.CC(C)(C)OO.[O]=[Ti]. The van der Waals surface area contributed by atoms with E-state index in [0.29, 0.717) is 0 Å². The van der Waals surface area contributed by atoms with Crippen LogP contribution < -0.4 is 0 Å². The van der Waals surface area contributed by atoms with Gasteiger partial charge in [-0.05, 0) is 41.5 Å². The molecule has 0 aromatic rings. The maximum absolute atomic E-state index is 8.25. The molecular weight excluding hydrogens is 224 g/mol. The molecule has 0 aromatic heterocycles. The zero-order valence-electron chi connectivity index (χ0n) is 9.62. The van der Waals surface area contributed by atoms with Gasteiger partial charge in [0.2, 0.25) is 0 Å². The van der Waals surface area contributed by atoms with Crippen molar-refractivity contribution < 1.29 is 44.0 Å². The van der Waals surface area contributed by atoms with Gasteiger partial charge in [-0.3, -0.25) is 10.5 Å². The van der Waals surface area contributed by atoms with Crippen molar-refractivity contribution >= 4 is 0 Å². The van der Waals surface area contributed by atoms with Gasteiger partial charge in [0.15, 0.2) is 0 Å². The first-order chi connectivity index (χ1) is 6.12. The summed E-state index contributed by atoms with van der Waals surface area (Å²) >= 11 is 0.750. The Hall–Kier alpha value is 0.354. The van der Waals surface area contributed by atoms with Crippen molar-refractivity contribution in [2.45, 2.75) is 52.7 Å². The van der Waals surface area contributed by atoms with Crippen molar-refractivity contribution in [1.82, 2.24) is 0 Å². The first kappa shape index (κ1) is 19.9. The van der Waals surface area contributed by atoms with Gasteiger partial charge in [-0.15, -0.1) is 0 Å². The van der Waals surface area contributed by atoms with Crippen LogP contribution in [0.2, 0.25) is 0 Å². The Morgan fingerprint density at radius 1 is 0.786 bits per heavy atom. The van der Waals surface area contributed by atoms with E-state index >= 15 is 0 Å². The van der Waals surface area contributed by atoms with E-state index < -0.39 is 11.2 Å². The molecule has 0 heterocycles. The molecule has 0 unspecified atom stereocenters. The fourth-order valence-electron chi connectivity index (χ4n) is 0. The van der Waals surface area contributed by atoms with E-state index in [1.165, 1.54) is 0 Å². The normalized spacial score (nSPS) is 10.5. The Morgan fingerprint density at radius 3 is 0.857 bits per heavy atom. The van der Waals surface area contributed by atoms with Crippen LogP contribution in [0, 0.1) is 0 Å². The molecule has 0 aliphatic heterocycles. The average Bonchev–Trinajstić information content (AvgIpc) is 2.07. The summed E-state index contributed by atoms with van der Waals surface area (Å²) < 4.78 is 8.25. The van der Waals surface area contributed by atoms with Gasteiger partial charge in [0, 0.05) is 0 Å². The molecule has 2 N–H and O–H groups in total. The molecular formula is C8H20O5Ti. The van der Waals surface area contributed by atoms with E-state index in [4.69, 9.17) is 13.8 Å². The molecule has 0 aromatic carbocycles. The van der Waals surface area contributed by atoms with Crippen LogP contribution in [0.3, 0.4) is 0 Å². The predicted octanol–water partition coefficient (Wildman–Crippen LogP) is 2.43. The summed E-state index contributed by atoms with van der Waals surface area (Å²) in [5, 5.41) is 15.8. The number of hydrogen-bond donors (Lipinski definition) is 2. The van der Waals surface area contributed by atoms with Crippen molar-refractivity contribution in [3.63, 3.8) is 0 Å². The van der Waals surface area contributed by atoms with E-state index in [-0.39, 0.29) is 0 Å². The van der Waals surface area contributed by atoms with Crippen LogP contribution in [0.4, 0.5) is 0 Å². The molecule has 0 radical (unpaired) electrons. The van der Waals surface area contributed by atoms with Gasteiger partial charge >= 0.3 is 23.7 Å². The summed E-state index contributed by atoms with van der Waals surface area (Å²) in [6.45, 7) is 10.6. The van der Waals surface area contributed by atoms with Crippen LogP contribution >= 0.6 is 0 Å². The van der Waals surface area contributed by atoms with Crippen molar-refractivity contribution in [2.75, 3.05) is 0 Å². The molecule has 0 atom stereocenters. The molecule has 0 aliphatic rings. The quantitative estimate of drug-likeness (QED) is 0.388. The first-order valence-electron chi connectivity index (χ1n) is 3.98. The van der Waals surface area contributed by atoms with Gasteiger partial charge in [-0.2, -0.15) is 0 Å². The summed E-state index contributed by atoms with van der Waals surface area (Å²) in [5.74, 6) is 0. The molecule has 0 fully saturated rings. The standard InChI is InChI=1S/2C4H10O2.O.Ti/c2*1-4(2,3)6-5;;/h2*5H,1-3H3;;. The van der Waals surface area contributed by atoms with Crippen LogP contribution in [0.5, 0.6) is 0 Å².